The van der Waals surface area contributed by atoms with Gasteiger partial charge in [-0.2, -0.15) is 0 Å². The van der Waals surface area contributed by atoms with Gasteiger partial charge in [-0.25, -0.2) is 0 Å². The molecular formula is C26H54O5. The highest BCUT2D eigenvalue weighted by Crippen LogP contribution is 1.89. The van der Waals surface area contributed by atoms with Gasteiger partial charge in [0.25, 0.3) is 0 Å². The Morgan fingerprint density at radius 2 is 0.484 bits per heavy atom. The monoisotopic (exact) mass is 446 g/mol. The quantitative estimate of drug-likeness (QED) is 0.192. The van der Waals surface area contributed by atoms with Crippen molar-refractivity contribution in [1.82, 2.24) is 0 Å². The SMILES string of the molecule is C.CCCCC=O.CCCCC=O.CCCCC=O.CCCCC=O.CCCCC=O. The van der Waals surface area contributed by atoms with Crippen LogP contribution in [0.5, 0.6) is 0 Å². The number of hydrogen-bond acceptors (Lipinski definition) is 5. The van der Waals surface area contributed by atoms with Crippen LogP contribution in [-0.2, 0) is 24.0 Å². The van der Waals surface area contributed by atoms with Crippen molar-refractivity contribution in [3.8, 4) is 0 Å². The molecule has 0 radical (unpaired) electrons. The van der Waals surface area contributed by atoms with Crippen LogP contribution in [0.4, 0.5) is 0 Å². The molecule has 0 unspecified atom stereocenters. The minimum absolute atomic E-state index is 0. The Morgan fingerprint density at radius 3 is 0.516 bits per heavy atom. The first kappa shape index (κ1) is 43.3. The van der Waals surface area contributed by atoms with E-state index in [1.807, 2.05) is 0 Å². The third kappa shape index (κ3) is 110. The molecule has 0 aromatic rings. The van der Waals surface area contributed by atoms with Crippen LogP contribution >= 0.6 is 0 Å². The van der Waals surface area contributed by atoms with Crippen LogP contribution in [0.2, 0.25) is 0 Å². The zero-order valence-corrected chi connectivity index (χ0v) is 20.5. The summed E-state index contributed by atoms with van der Waals surface area (Å²) in [6.07, 6.45) is 19.3. The summed E-state index contributed by atoms with van der Waals surface area (Å²) in [4.78, 5) is 47.8. The van der Waals surface area contributed by atoms with Crippen molar-refractivity contribution in [2.45, 2.75) is 138 Å². The van der Waals surface area contributed by atoms with E-state index in [0.29, 0.717) is 0 Å². The van der Waals surface area contributed by atoms with Gasteiger partial charge in [0.2, 0.25) is 0 Å². The average molecular weight is 447 g/mol. The molecule has 0 spiro atoms. The van der Waals surface area contributed by atoms with Crippen molar-refractivity contribution in [3.05, 3.63) is 0 Å². The normalized spacial score (nSPS) is 7.90. The van der Waals surface area contributed by atoms with Crippen LogP contribution in [0, 0.1) is 0 Å². The lowest BCUT2D eigenvalue weighted by Gasteiger charge is -1.79. The minimum Gasteiger partial charge on any atom is -0.303 e. The molecule has 0 amide bonds. The second kappa shape index (κ2) is 63.0. The second-order valence-corrected chi connectivity index (χ2v) is 6.54. The maximum absolute atomic E-state index is 9.56. The van der Waals surface area contributed by atoms with E-state index in [0.717, 1.165) is 128 Å². The molecule has 0 aliphatic heterocycles. The maximum atomic E-state index is 9.56. The Bertz CT molecular complexity index is 235. The second-order valence-electron chi connectivity index (χ2n) is 6.54. The van der Waals surface area contributed by atoms with Crippen molar-refractivity contribution in [2.75, 3.05) is 0 Å². The molecule has 0 aliphatic carbocycles. The Hall–Kier alpha value is -1.65. The summed E-state index contributed by atoms with van der Waals surface area (Å²) in [6, 6.07) is 0. The molecule has 0 aromatic carbocycles. The van der Waals surface area contributed by atoms with Gasteiger partial charge in [-0.1, -0.05) is 74.1 Å². The van der Waals surface area contributed by atoms with Gasteiger partial charge in [0.1, 0.15) is 31.4 Å². The van der Waals surface area contributed by atoms with E-state index in [1.54, 1.807) is 0 Å². The molecule has 0 fully saturated rings. The number of aldehydes is 5. The molecule has 0 bridgehead atoms. The van der Waals surface area contributed by atoms with E-state index in [2.05, 4.69) is 34.6 Å². The van der Waals surface area contributed by atoms with E-state index in [9.17, 15) is 24.0 Å². The summed E-state index contributed by atoms with van der Waals surface area (Å²) in [7, 11) is 0. The van der Waals surface area contributed by atoms with Crippen LogP contribution in [0.15, 0.2) is 0 Å². The lowest BCUT2D eigenvalue weighted by molar-refractivity contribution is -0.108. The predicted octanol–water partition coefficient (Wildman–Crippen LogP) is 7.51. The lowest BCUT2D eigenvalue weighted by Crippen LogP contribution is -1.70. The first-order chi connectivity index (χ1) is 14.6. The van der Waals surface area contributed by atoms with Crippen LogP contribution < -0.4 is 0 Å². The number of unbranched alkanes of at least 4 members (excludes halogenated alkanes) is 10. The molecule has 5 nitrogen and oxygen atoms in total. The molecule has 5 heteroatoms. The minimum atomic E-state index is 0. The van der Waals surface area contributed by atoms with Gasteiger partial charge < -0.3 is 24.0 Å². The number of hydrogen-bond donors (Lipinski definition) is 0. The molecular weight excluding hydrogens is 392 g/mol. The molecule has 31 heavy (non-hydrogen) atoms. The standard InChI is InChI=1S/5C5H10O.CH4/c5*1-2-3-4-5-6;/h5*5H,2-4H2,1H3;1H4. The molecule has 0 atom stereocenters. The first-order valence-electron chi connectivity index (χ1n) is 11.8. The fourth-order valence-electron chi connectivity index (χ4n) is 1.44. The first-order valence-corrected chi connectivity index (χ1v) is 11.8. The number of carbonyl (C=O) groups excluding carboxylic acids is 5. The van der Waals surface area contributed by atoms with Crippen LogP contribution in [0.3, 0.4) is 0 Å². The molecule has 0 saturated heterocycles. The zero-order chi connectivity index (χ0) is 24.1. The molecule has 0 aliphatic rings. The summed E-state index contributed by atoms with van der Waals surface area (Å²) >= 11 is 0. The molecule has 0 saturated carbocycles. The Balaban J connectivity index is -0.0000000625. The number of rotatable bonds is 15. The third-order valence-electron chi connectivity index (χ3n) is 3.38. The topological polar surface area (TPSA) is 85.3 Å². The van der Waals surface area contributed by atoms with Gasteiger partial charge in [-0.05, 0) is 32.1 Å². The van der Waals surface area contributed by atoms with Crippen molar-refractivity contribution in [3.63, 3.8) is 0 Å². The van der Waals surface area contributed by atoms with E-state index in [-0.39, 0.29) is 7.43 Å². The molecule has 0 heterocycles. The van der Waals surface area contributed by atoms with Crippen molar-refractivity contribution >= 4 is 31.4 Å². The average Bonchev–Trinajstić information content (AvgIpc) is 2.78. The predicted molar refractivity (Wildman–Crippen MR) is 135 cm³/mol. The van der Waals surface area contributed by atoms with Gasteiger partial charge in [-0.3, -0.25) is 0 Å². The molecule has 188 valence electrons. The fraction of sp³-hybridized carbons (Fsp3) is 0.808. The summed E-state index contributed by atoms with van der Waals surface area (Å²) in [6.45, 7) is 10.4. The van der Waals surface area contributed by atoms with Crippen LogP contribution in [0.25, 0.3) is 0 Å². The summed E-state index contributed by atoms with van der Waals surface area (Å²) < 4.78 is 0. The number of carbonyl (C=O) groups is 5. The Morgan fingerprint density at radius 1 is 0.355 bits per heavy atom. The Labute approximate surface area is 194 Å². The van der Waals surface area contributed by atoms with Crippen molar-refractivity contribution in [1.29, 1.82) is 0 Å². The highest BCUT2D eigenvalue weighted by molar-refractivity contribution is 5.49. The van der Waals surface area contributed by atoms with E-state index >= 15 is 0 Å². The summed E-state index contributed by atoms with van der Waals surface area (Å²) in [5.41, 5.74) is 0. The van der Waals surface area contributed by atoms with Crippen LogP contribution in [0.1, 0.15) is 138 Å². The lowest BCUT2D eigenvalue weighted by atomic mass is 10.3. The van der Waals surface area contributed by atoms with Crippen molar-refractivity contribution < 1.29 is 24.0 Å². The molecule has 0 rings (SSSR count). The van der Waals surface area contributed by atoms with Gasteiger partial charge >= 0.3 is 0 Å². The smallest absolute Gasteiger partial charge is 0.119 e. The zero-order valence-electron chi connectivity index (χ0n) is 20.5. The maximum Gasteiger partial charge on any atom is 0.119 e. The molecule has 0 aromatic heterocycles. The van der Waals surface area contributed by atoms with E-state index in [1.165, 1.54) is 0 Å². The van der Waals surface area contributed by atoms with Crippen LogP contribution in [-0.4, -0.2) is 31.4 Å². The largest absolute Gasteiger partial charge is 0.303 e. The summed E-state index contributed by atoms with van der Waals surface area (Å²) in [5.74, 6) is 0. The fourth-order valence-corrected chi connectivity index (χ4v) is 1.44. The van der Waals surface area contributed by atoms with Crippen molar-refractivity contribution in [2.24, 2.45) is 0 Å². The summed E-state index contributed by atoms with van der Waals surface area (Å²) in [5, 5.41) is 0. The Kier molecular flexibility index (Phi) is 87.9. The van der Waals surface area contributed by atoms with Gasteiger partial charge in [-0.15, -0.1) is 0 Å². The van der Waals surface area contributed by atoms with E-state index < -0.39 is 0 Å². The third-order valence-corrected chi connectivity index (χ3v) is 3.38. The van der Waals surface area contributed by atoms with E-state index in [4.69, 9.17) is 0 Å². The molecule has 0 N–H and O–H groups in total. The highest BCUT2D eigenvalue weighted by atomic mass is 16.1. The van der Waals surface area contributed by atoms with Gasteiger partial charge in [0, 0.05) is 32.1 Å². The van der Waals surface area contributed by atoms with Gasteiger partial charge in [0.15, 0.2) is 0 Å². The highest BCUT2D eigenvalue weighted by Gasteiger charge is 1.77. The van der Waals surface area contributed by atoms with Gasteiger partial charge in [0.05, 0.1) is 0 Å².